The molecule has 1 N–H and O–H groups in total. The van der Waals surface area contributed by atoms with Crippen molar-refractivity contribution in [2.24, 2.45) is 0 Å². The topological polar surface area (TPSA) is 93.0 Å². The predicted molar refractivity (Wildman–Crippen MR) is 96.6 cm³/mol. The highest BCUT2D eigenvalue weighted by Gasteiger charge is 2.41. The maximum atomic E-state index is 14.1. The van der Waals surface area contributed by atoms with Gasteiger partial charge in [0, 0.05) is 11.1 Å². The van der Waals surface area contributed by atoms with Gasteiger partial charge in [0.2, 0.25) is 0 Å². The smallest absolute Gasteiger partial charge is 0.321 e. The molecule has 2 heterocycles. The Kier molecular flexibility index (Phi) is 3.86. The third-order valence-corrected chi connectivity index (χ3v) is 4.96. The standard InChI is InChI=1S/C19H14F2N6O2/c20-11-4-7-15(21)14(9-11)16-18(28)26(19(29)22-16)13-3-1-2-10(8-13)17-23-24-25-27(17)12-5-6-12/h1-4,7-9,12,16H,5-6H2,(H,22,29)/t16-/m1/s1. The van der Waals surface area contributed by atoms with Crippen LogP contribution in [0.2, 0.25) is 0 Å². The quantitative estimate of drug-likeness (QED) is 0.685. The number of benzene rings is 2. The number of nitrogens with zero attached hydrogens (tertiary/aromatic N) is 5. The lowest BCUT2D eigenvalue weighted by Gasteiger charge is -2.14. The average molecular weight is 396 g/mol. The number of halogens is 2. The van der Waals surface area contributed by atoms with E-state index in [9.17, 15) is 18.4 Å². The Bertz CT molecular complexity index is 1140. The average Bonchev–Trinajstić information content (AvgIpc) is 3.36. The SMILES string of the molecule is O=C1N[C@H](c2cc(F)ccc2F)C(=O)N1c1cccc(-c2nnnn2C2CC2)c1. The van der Waals surface area contributed by atoms with Crippen molar-refractivity contribution in [1.82, 2.24) is 25.5 Å². The molecule has 146 valence electrons. The summed E-state index contributed by atoms with van der Waals surface area (Å²) in [6, 6.07) is 7.65. The highest BCUT2D eigenvalue weighted by atomic mass is 19.1. The van der Waals surface area contributed by atoms with E-state index >= 15 is 0 Å². The first-order valence-corrected chi connectivity index (χ1v) is 9.00. The molecular weight excluding hydrogens is 382 g/mol. The number of imide groups is 1. The zero-order valence-corrected chi connectivity index (χ0v) is 14.9. The summed E-state index contributed by atoms with van der Waals surface area (Å²) in [5.41, 5.74) is 0.703. The Morgan fingerprint density at radius 3 is 2.69 bits per heavy atom. The number of anilines is 1. The molecule has 1 atom stereocenters. The highest BCUT2D eigenvalue weighted by Crippen LogP contribution is 2.37. The Hall–Kier alpha value is -3.69. The second-order valence-electron chi connectivity index (χ2n) is 6.95. The van der Waals surface area contributed by atoms with E-state index in [0.717, 1.165) is 35.9 Å². The maximum absolute atomic E-state index is 14.1. The van der Waals surface area contributed by atoms with Gasteiger partial charge in [-0.15, -0.1) is 5.10 Å². The predicted octanol–water partition coefficient (Wildman–Crippen LogP) is 2.75. The number of carbonyl (C=O) groups is 2. The monoisotopic (exact) mass is 396 g/mol. The zero-order chi connectivity index (χ0) is 20.1. The first kappa shape index (κ1) is 17.4. The number of rotatable bonds is 4. The maximum Gasteiger partial charge on any atom is 0.329 e. The van der Waals surface area contributed by atoms with E-state index < -0.39 is 29.6 Å². The molecule has 29 heavy (non-hydrogen) atoms. The molecule has 1 saturated heterocycles. The third kappa shape index (κ3) is 2.93. The zero-order valence-electron chi connectivity index (χ0n) is 14.9. The van der Waals surface area contributed by atoms with Crippen molar-refractivity contribution in [2.45, 2.75) is 24.9 Å². The summed E-state index contributed by atoms with van der Waals surface area (Å²) in [6.07, 6.45) is 1.98. The fraction of sp³-hybridized carbons (Fsp3) is 0.211. The molecule has 1 aliphatic carbocycles. The summed E-state index contributed by atoms with van der Waals surface area (Å²) in [5.74, 6) is -1.63. The number of aromatic nitrogens is 4. The Morgan fingerprint density at radius 1 is 1.07 bits per heavy atom. The molecule has 2 aromatic carbocycles. The normalized spacial score (nSPS) is 19.0. The molecule has 3 amide bonds. The van der Waals surface area contributed by atoms with E-state index in [-0.39, 0.29) is 17.3 Å². The minimum Gasteiger partial charge on any atom is -0.321 e. The van der Waals surface area contributed by atoms with Crippen LogP contribution < -0.4 is 10.2 Å². The Morgan fingerprint density at radius 2 is 1.90 bits per heavy atom. The van der Waals surface area contributed by atoms with Gasteiger partial charge < -0.3 is 5.32 Å². The molecule has 2 fully saturated rings. The first-order chi connectivity index (χ1) is 14.0. The molecule has 8 nitrogen and oxygen atoms in total. The summed E-state index contributed by atoms with van der Waals surface area (Å²) in [7, 11) is 0. The van der Waals surface area contributed by atoms with Crippen molar-refractivity contribution in [2.75, 3.05) is 4.90 Å². The number of tetrazole rings is 1. The van der Waals surface area contributed by atoms with Crippen molar-refractivity contribution in [1.29, 1.82) is 0 Å². The highest BCUT2D eigenvalue weighted by molar-refractivity contribution is 6.21. The summed E-state index contributed by atoms with van der Waals surface area (Å²) < 4.78 is 29.4. The second kappa shape index (κ2) is 6.43. The summed E-state index contributed by atoms with van der Waals surface area (Å²) in [5, 5.41) is 14.2. The molecule has 0 bridgehead atoms. The third-order valence-electron chi connectivity index (χ3n) is 4.96. The van der Waals surface area contributed by atoms with Gasteiger partial charge in [-0.2, -0.15) is 0 Å². The Balaban J connectivity index is 1.50. The fourth-order valence-electron chi connectivity index (χ4n) is 3.40. The second-order valence-corrected chi connectivity index (χ2v) is 6.95. The van der Waals surface area contributed by atoms with E-state index in [1.807, 2.05) is 0 Å². The number of hydrogen-bond donors (Lipinski definition) is 1. The molecule has 2 aliphatic rings. The van der Waals surface area contributed by atoms with E-state index in [4.69, 9.17) is 0 Å². The van der Waals surface area contributed by atoms with Crippen molar-refractivity contribution in [3.63, 3.8) is 0 Å². The summed E-state index contributed by atoms with van der Waals surface area (Å²) >= 11 is 0. The van der Waals surface area contributed by atoms with Gasteiger partial charge >= 0.3 is 6.03 Å². The van der Waals surface area contributed by atoms with Crippen LogP contribution in [0.5, 0.6) is 0 Å². The number of nitrogens with one attached hydrogen (secondary N) is 1. The van der Waals surface area contributed by atoms with Crippen molar-refractivity contribution >= 4 is 17.6 Å². The van der Waals surface area contributed by atoms with E-state index in [2.05, 4.69) is 20.8 Å². The molecule has 1 aromatic heterocycles. The van der Waals surface area contributed by atoms with E-state index in [1.165, 1.54) is 0 Å². The van der Waals surface area contributed by atoms with Gasteiger partial charge in [-0.05, 0) is 53.6 Å². The van der Waals surface area contributed by atoms with Crippen LogP contribution in [0.1, 0.15) is 30.5 Å². The van der Waals surface area contributed by atoms with E-state index in [1.54, 1.807) is 28.9 Å². The molecule has 1 aliphatic heterocycles. The number of urea groups is 1. The lowest BCUT2D eigenvalue weighted by molar-refractivity contribution is -0.118. The first-order valence-electron chi connectivity index (χ1n) is 9.00. The van der Waals surface area contributed by atoms with Crippen molar-refractivity contribution < 1.29 is 18.4 Å². The van der Waals surface area contributed by atoms with Gasteiger partial charge in [0.15, 0.2) is 5.82 Å². The van der Waals surface area contributed by atoms with Gasteiger partial charge in [0.1, 0.15) is 17.7 Å². The molecule has 5 rings (SSSR count). The minimum absolute atomic E-state index is 0.223. The van der Waals surface area contributed by atoms with Crippen LogP contribution >= 0.6 is 0 Å². The summed E-state index contributed by atoms with van der Waals surface area (Å²) in [6.45, 7) is 0. The molecule has 0 spiro atoms. The van der Waals surface area contributed by atoms with Crippen LogP contribution in [-0.2, 0) is 4.79 Å². The van der Waals surface area contributed by atoms with Crippen LogP contribution in [0, 0.1) is 11.6 Å². The van der Waals surface area contributed by atoms with Gasteiger partial charge in [-0.25, -0.2) is 23.2 Å². The minimum atomic E-state index is -1.31. The largest absolute Gasteiger partial charge is 0.329 e. The fourth-order valence-corrected chi connectivity index (χ4v) is 3.40. The number of amides is 3. The summed E-state index contributed by atoms with van der Waals surface area (Å²) in [4.78, 5) is 26.3. The van der Waals surface area contributed by atoms with Crippen LogP contribution in [0.25, 0.3) is 11.4 Å². The molecule has 1 saturated carbocycles. The number of carbonyl (C=O) groups excluding carboxylic acids is 2. The van der Waals surface area contributed by atoms with Crippen LogP contribution in [0.15, 0.2) is 42.5 Å². The van der Waals surface area contributed by atoms with Crippen LogP contribution in [0.3, 0.4) is 0 Å². The van der Waals surface area contributed by atoms with Gasteiger partial charge in [-0.3, -0.25) is 4.79 Å². The molecular formula is C19H14F2N6O2. The van der Waals surface area contributed by atoms with Crippen LogP contribution in [0.4, 0.5) is 19.3 Å². The molecule has 0 radical (unpaired) electrons. The number of hydrogen-bond acceptors (Lipinski definition) is 5. The Labute approximate surface area is 163 Å². The van der Waals surface area contributed by atoms with Crippen molar-refractivity contribution in [3.05, 3.63) is 59.7 Å². The molecule has 0 unspecified atom stereocenters. The van der Waals surface area contributed by atoms with Gasteiger partial charge in [0.25, 0.3) is 5.91 Å². The van der Waals surface area contributed by atoms with Crippen LogP contribution in [-0.4, -0.2) is 32.1 Å². The van der Waals surface area contributed by atoms with E-state index in [0.29, 0.717) is 11.4 Å². The lowest BCUT2D eigenvalue weighted by atomic mass is 10.1. The lowest BCUT2D eigenvalue weighted by Crippen LogP contribution is -2.30. The molecule has 10 heteroatoms. The van der Waals surface area contributed by atoms with Gasteiger partial charge in [0.05, 0.1) is 11.7 Å². The van der Waals surface area contributed by atoms with Gasteiger partial charge in [-0.1, -0.05) is 12.1 Å². The molecule has 3 aromatic rings. The van der Waals surface area contributed by atoms with Crippen molar-refractivity contribution in [3.8, 4) is 11.4 Å².